The van der Waals surface area contributed by atoms with E-state index in [2.05, 4.69) is 20.3 Å². The van der Waals surface area contributed by atoms with Crippen LogP contribution in [0.15, 0.2) is 42.7 Å². The second-order valence-electron chi connectivity index (χ2n) is 5.16. The highest BCUT2D eigenvalue weighted by molar-refractivity contribution is 5.95. The smallest absolute Gasteiger partial charge is 0.254 e. The number of aromatic nitrogens is 3. The standard InChI is InChI=1S/C17H17N5O2/c1-11-13(10-21-17(18)22-11)16(23)20-8-9-24-14-6-2-4-12-5-3-7-19-15(12)14/h2-7,10H,8-9H2,1H3,(H,20,23)(H2,18,21,22). The second kappa shape index (κ2) is 6.91. The Morgan fingerprint density at radius 1 is 1.25 bits per heavy atom. The summed E-state index contributed by atoms with van der Waals surface area (Å²) in [6.07, 6.45) is 3.14. The largest absolute Gasteiger partial charge is 0.489 e. The van der Waals surface area contributed by atoms with Gasteiger partial charge in [-0.2, -0.15) is 0 Å². The number of rotatable bonds is 5. The molecule has 7 heteroatoms. The van der Waals surface area contributed by atoms with E-state index in [1.807, 2.05) is 30.3 Å². The predicted molar refractivity (Wildman–Crippen MR) is 90.8 cm³/mol. The molecule has 0 radical (unpaired) electrons. The van der Waals surface area contributed by atoms with Crippen LogP contribution < -0.4 is 15.8 Å². The minimum Gasteiger partial charge on any atom is -0.489 e. The summed E-state index contributed by atoms with van der Waals surface area (Å²) in [5, 5.41) is 3.78. The van der Waals surface area contributed by atoms with Crippen molar-refractivity contribution in [1.29, 1.82) is 0 Å². The summed E-state index contributed by atoms with van der Waals surface area (Å²) in [6, 6.07) is 9.59. The average Bonchev–Trinajstić information content (AvgIpc) is 2.58. The lowest BCUT2D eigenvalue weighted by Crippen LogP contribution is -2.29. The van der Waals surface area contributed by atoms with Crippen molar-refractivity contribution in [2.45, 2.75) is 6.92 Å². The minimum absolute atomic E-state index is 0.149. The molecule has 3 aromatic rings. The van der Waals surface area contributed by atoms with E-state index < -0.39 is 0 Å². The fourth-order valence-corrected chi connectivity index (χ4v) is 2.32. The molecule has 122 valence electrons. The Kier molecular flexibility index (Phi) is 4.51. The first kappa shape index (κ1) is 15.7. The van der Waals surface area contributed by atoms with E-state index in [0.717, 1.165) is 10.9 Å². The van der Waals surface area contributed by atoms with Gasteiger partial charge in [0.2, 0.25) is 5.95 Å². The van der Waals surface area contributed by atoms with Gasteiger partial charge in [0.15, 0.2) is 0 Å². The highest BCUT2D eigenvalue weighted by Gasteiger charge is 2.10. The van der Waals surface area contributed by atoms with Crippen LogP contribution in [0, 0.1) is 6.92 Å². The van der Waals surface area contributed by atoms with Crippen molar-refractivity contribution >= 4 is 22.8 Å². The van der Waals surface area contributed by atoms with E-state index >= 15 is 0 Å². The van der Waals surface area contributed by atoms with Crippen molar-refractivity contribution < 1.29 is 9.53 Å². The number of carbonyl (C=O) groups excluding carboxylic acids is 1. The molecule has 7 nitrogen and oxygen atoms in total. The number of fused-ring (bicyclic) bond motifs is 1. The third-order valence-corrected chi connectivity index (χ3v) is 3.48. The van der Waals surface area contributed by atoms with Crippen molar-refractivity contribution in [1.82, 2.24) is 20.3 Å². The Hall–Kier alpha value is -3.22. The van der Waals surface area contributed by atoms with E-state index in [-0.39, 0.29) is 11.9 Å². The Morgan fingerprint density at radius 3 is 2.92 bits per heavy atom. The van der Waals surface area contributed by atoms with Crippen LogP contribution in [-0.2, 0) is 0 Å². The third kappa shape index (κ3) is 3.40. The molecule has 1 aromatic carbocycles. The fraction of sp³-hybridized carbons (Fsp3) is 0.176. The molecule has 0 saturated carbocycles. The number of hydrogen-bond acceptors (Lipinski definition) is 6. The number of anilines is 1. The average molecular weight is 323 g/mol. The Morgan fingerprint density at radius 2 is 2.08 bits per heavy atom. The number of amides is 1. The molecule has 0 aliphatic carbocycles. The van der Waals surface area contributed by atoms with Crippen LogP contribution >= 0.6 is 0 Å². The number of nitrogens with two attached hydrogens (primary N) is 1. The van der Waals surface area contributed by atoms with Crippen LogP contribution in [0.3, 0.4) is 0 Å². The maximum atomic E-state index is 12.1. The van der Waals surface area contributed by atoms with Crippen molar-refractivity contribution in [3.8, 4) is 5.75 Å². The van der Waals surface area contributed by atoms with Crippen LogP contribution in [0.25, 0.3) is 10.9 Å². The molecule has 2 aromatic heterocycles. The first-order chi connectivity index (χ1) is 11.6. The van der Waals surface area contributed by atoms with Crippen LogP contribution in [0.1, 0.15) is 16.1 Å². The molecular formula is C17H17N5O2. The minimum atomic E-state index is -0.257. The summed E-state index contributed by atoms with van der Waals surface area (Å²) in [5.41, 5.74) is 7.22. The van der Waals surface area contributed by atoms with Gasteiger partial charge in [-0.3, -0.25) is 9.78 Å². The number of para-hydroxylation sites is 1. The van der Waals surface area contributed by atoms with Gasteiger partial charge in [0.1, 0.15) is 17.9 Å². The molecule has 0 fully saturated rings. The lowest BCUT2D eigenvalue weighted by molar-refractivity contribution is 0.0945. The summed E-state index contributed by atoms with van der Waals surface area (Å²) in [4.78, 5) is 24.2. The highest BCUT2D eigenvalue weighted by Crippen LogP contribution is 2.22. The fourth-order valence-electron chi connectivity index (χ4n) is 2.32. The van der Waals surface area contributed by atoms with Crippen LogP contribution in [0.2, 0.25) is 0 Å². The molecule has 0 aliphatic heterocycles. The molecule has 3 N–H and O–H groups in total. The Labute approximate surface area is 138 Å². The van der Waals surface area contributed by atoms with E-state index in [4.69, 9.17) is 10.5 Å². The van der Waals surface area contributed by atoms with Crippen molar-refractivity contribution in [3.63, 3.8) is 0 Å². The van der Waals surface area contributed by atoms with Gasteiger partial charge in [0.25, 0.3) is 5.91 Å². The van der Waals surface area contributed by atoms with Gasteiger partial charge in [-0.15, -0.1) is 0 Å². The monoisotopic (exact) mass is 323 g/mol. The zero-order valence-electron chi connectivity index (χ0n) is 13.2. The van der Waals surface area contributed by atoms with E-state index in [0.29, 0.717) is 30.2 Å². The Balaban J connectivity index is 1.58. The first-order valence-electron chi connectivity index (χ1n) is 7.49. The number of hydrogen-bond donors (Lipinski definition) is 2. The van der Waals surface area contributed by atoms with Crippen LogP contribution in [0.4, 0.5) is 5.95 Å². The third-order valence-electron chi connectivity index (χ3n) is 3.48. The van der Waals surface area contributed by atoms with E-state index in [1.165, 1.54) is 6.20 Å². The molecule has 2 heterocycles. The quantitative estimate of drug-likeness (QED) is 0.693. The Bertz CT molecular complexity index is 876. The lowest BCUT2D eigenvalue weighted by Gasteiger charge is -2.10. The molecule has 1 amide bonds. The lowest BCUT2D eigenvalue weighted by atomic mass is 10.2. The molecule has 24 heavy (non-hydrogen) atoms. The number of pyridine rings is 1. The number of carbonyl (C=O) groups is 1. The molecule has 0 bridgehead atoms. The van der Waals surface area contributed by atoms with E-state index in [1.54, 1.807) is 13.1 Å². The summed E-state index contributed by atoms with van der Waals surface area (Å²) in [7, 11) is 0. The van der Waals surface area contributed by atoms with Gasteiger partial charge >= 0.3 is 0 Å². The summed E-state index contributed by atoms with van der Waals surface area (Å²) < 4.78 is 5.73. The molecule has 3 rings (SSSR count). The van der Waals surface area contributed by atoms with Crippen molar-refractivity contribution in [3.05, 3.63) is 54.0 Å². The van der Waals surface area contributed by atoms with Gasteiger partial charge in [0, 0.05) is 17.8 Å². The second-order valence-corrected chi connectivity index (χ2v) is 5.16. The molecule has 0 unspecified atom stereocenters. The normalized spacial score (nSPS) is 10.5. The molecular weight excluding hydrogens is 306 g/mol. The number of ether oxygens (including phenoxy) is 1. The first-order valence-corrected chi connectivity index (χ1v) is 7.49. The van der Waals surface area contributed by atoms with E-state index in [9.17, 15) is 4.79 Å². The maximum absolute atomic E-state index is 12.1. The molecule has 0 spiro atoms. The van der Waals surface area contributed by atoms with Gasteiger partial charge in [0.05, 0.1) is 17.8 Å². The maximum Gasteiger partial charge on any atom is 0.254 e. The molecule has 0 saturated heterocycles. The summed E-state index contributed by atoms with van der Waals surface area (Å²) in [6.45, 7) is 2.40. The van der Waals surface area contributed by atoms with Gasteiger partial charge in [-0.05, 0) is 19.1 Å². The summed E-state index contributed by atoms with van der Waals surface area (Å²) in [5.74, 6) is 0.581. The topological polar surface area (TPSA) is 103 Å². The SMILES string of the molecule is Cc1nc(N)ncc1C(=O)NCCOc1cccc2cccnc12. The molecule has 0 atom stereocenters. The van der Waals surface area contributed by atoms with Crippen molar-refractivity contribution in [2.24, 2.45) is 0 Å². The number of nitrogens with zero attached hydrogens (tertiary/aromatic N) is 3. The number of aryl methyl sites for hydroxylation is 1. The number of nitrogens with one attached hydrogen (secondary N) is 1. The van der Waals surface area contributed by atoms with Crippen LogP contribution in [0.5, 0.6) is 5.75 Å². The predicted octanol–water partition coefficient (Wildman–Crippen LogP) is 1.72. The summed E-state index contributed by atoms with van der Waals surface area (Å²) >= 11 is 0. The zero-order chi connectivity index (χ0) is 16.9. The number of benzene rings is 1. The van der Waals surface area contributed by atoms with Crippen LogP contribution in [-0.4, -0.2) is 34.0 Å². The van der Waals surface area contributed by atoms with Gasteiger partial charge in [-0.25, -0.2) is 9.97 Å². The molecule has 0 aliphatic rings. The zero-order valence-corrected chi connectivity index (χ0v) is 13.2. The van der Waals surface area contributed by atoms with Crippen molar-refractivity contribution in [2.75, 3.05) is 18.9 Å². The number of nitrogen functional groups attached to an aromatic ring is 1. The highest BCUT2D eigenvalue weighted by atomic mass is 16.5. The van der Waals surface area contributed by atoms with Gasteiger partial charge < -0.3 is 15.8 Å². The van der Waals surface area contributed by atoms with Gasteiger partial charge in [-0.1, -0.05) is 18.2 Å².